The van der Waals surface area contributed by atoms with Crippen LogP contribution in [0, 0.1) is 17.7 Å². The first-order valence-electron chi connectivity index (χ1n) is 12.0. The number of piperazine rings is 1. The van der Waals surface area contributed by atoms with Crippen molar-refractivity contribution in [3.05, 3.63) is 29.0 Å². The summed E-state index contributed by atoms with van der Waals surface area (Å²) < 4.78 is 24.5. The molecule has 5 rings (SSSR count). The molecule has 4 aliphatic rings. The van der Waals surface area contributed by atoms with E-state index in [1.54, 1.807) is 6.07 Å². The molecule has 6 atom stereocenters. The van der Waals surface area contributed by atoms with Crippen LogP contribution in [-0.2, 0) is 9.53 Å². The highest BCUT2D eigenvalue weighted by molar-refractivity contribution is 6.30. The van der Waals surface area contributed by atoms with Crippen LogP contribution in [0.4, 0.5) is 4.39 Å². The molecule has 1 amide bonds. The Balaban J connectivity index is 1.10. The van der Waals surface area contributed by atoms with Crippen molar-refractivity contribution in [3.8, 4) is 5.75 Å². The summed E-state index contributed by atoms with van der Waals surface area (Å²) >= 11 is 5.69. The Morgan fingerprint density at radius 2 is 2.00 bits per heavy atom. The average molecular weight is 482 g/mol. The molecule has 10 heteroatoms. The van der Waals surface area contributed by atoms with Crippen LogP contribution in [0.2, 0.25) is 5.02 Å². The van der Waals surface area contributed by atoms with Gasteiger partial charge in [-0.05, 0) is 43.2 Å². The number of carbonyl (C=O) groups is 1. The minimum Gasteiger partial charge on any atom is -0.484 e. The Hall–Kier alpha value is -1.49. The van der Waals surface area contributed by atoms with Crippen LogP contribution in [0.5, 0.6) is 5.75 Å². The molecule has 2 saturated heterocycles. The average Bonchev–Trinajstić information content (AvgIpc) is 3.02. The number of ether oxygens (including phenoxy) is 2. The van der Waals surface area contributed by atoms with E-state index < -0.39 is 5.82 Å². The predicted molar refractivity (Wildman–Crippen MR) is 123 cm³/mol. The van der Waals surface area contributed by atoms with E-state index >= 15 is 0 Å². The molecule has 2 aliphatic carbocycles. The number of morpholine rings is 1. The molecule has 4 fully saturated rings. The van der Waals surface area contributed by atoms with Gasteiger partial charge in [0, 0.05) is 44.3 Å². The molecule has 5 unspecified atom stereocenters. The van der Waals surface area contributed by atoms with Crippen molar-refractivity contribution in [1.82, 2.24) is 26.2 Å². The molecule has 0 radical (unpaired) electrons. The number of halogens is 2. The van der Waals surface area contributed by atoms with Crippen molar-refractivity contribution in [1.29, 1.82) is 0 Å². The molecular weight excluding hydrogens is 449 g/mol. The maximum Gasteiger partial charge on any atom is 0.258 e. The van der Waals surface area contributed by atoms with Crippen LogP contribution < -0.4 is 26.0 Å². The fraction of sp³-hybridized carbons (Fsp3) is 0.696. The summed E-state index contributed by atoms with van der Waals surface area (Å²) in [7, 11) is 0. The smallest absolute Gasteiger partial charge is 0.258 e. The number of nitrogens with zero attached hydrogens (tertiary/aromatic N) is 1. The van der Waals surface area contributed by atoms with Crippen LogP contribution >= 0.6 is 11.6 Å². The SMILES string of the molecule is O=C(COc1ccc(Cl)c(F)c1)NC1C[C@H](NC2CNCC(N3CCOCC3)N2)C2CCC12. The van der Waals surface area contributed by atoms with Gasteiger partial charge in [0.15, 0.2) is 6.61 Å². The van der Waals surface area contributed by atoms with Gasteiger partial charge in [-0.15, -0.1) is 0 Å². The molecule has 0 spiro atoms. The highest BCUT2D eigenvalue weighted by atomic mass is 35.5. The van der Waals surface area contributed by atoms with E-state index in [-0.39, 0.29) is 29.7 Å². The minimum atomic E-state index is -0.557. The lowest BCUT2D eigenvalue weighted by Gasteiger charge is -2.43. The van der Waals surface area contributed by atoms with E-state index in [1.165, 1.54) is 18.6 Å². The molecule has 0 aromatic heterocycles. The summed E-state index contributed by atoms with van der Waals surface area (Å²) in [4.78, 5) is 14.9. The summed E-state index contributed by atoms with van der Waals surface area (Å²) in [6.45, 7) is 5.18. The van der Waals surface area contributed by atoms with Gasteiger partial charge < -0.3 is 20.1 Å². The van der Waals surface area contributed by atoms with E-state index in [0.717, 1.165) is 52.2 Å². The van der Waals surface area contributed by atoms with Gasteiger partial charge in [0.2, 0.25) is 0 Å². The zero-order valence-corrected chi connectivity index (χ0v) is 19.5. The van der Waals surface area contributed by atoms with Gasteiger partial charge in [-0.25, -0.2) is 4.39 Å². The second-order valence-corrected chi connectivity index (χ2v) is 9.90. The molecule has 2 aliphatic heterocycles. The summed E-state index contributed by atoms with van der Waals surface area (Å²) in [5.74, 6) is 0.660. The Bertz CT molecular complexity index is 842. The van der Waals surface area contributed by atoms with Crippen LogP contribution in [0.1, 0.15) is 19.3 Å². The van der Waals surface area contributed by atoms with Crippen molar-refractivity contribution >= 4 is 17.5 Å². The van der Waals surface area contributed by atoms with Crippen molar-refractivity contribution < 1.29 is 18.7 Å². The highest BCUT2D eigenvalue weighted by Crippen LogP contribution is 2.47. The zero-order valence-electron chi connectivity index (χ0n) is 18.7. The van der Waals surface area contributed by atoms with Gasteiger partial charge in [-0.3, -0.25) is 20.3 Å². The molecule has 33 heavy (non-hydrogen) atoms. The van der Waals surface area contributed by atoms with E-state index in [4.69, 9.17) is 21.1 Å². The van der Waals surface area contributed by atoms with Crippen LogP contribution in [0.15, 0.2) is 18.2 Å². The first-order chi connectivity index (χ1) is 16.1. The third-order valence-electron chi connectivity index (χ3n) is 7.51. The normalized spacial score (nSPS) is 34.4. The lowest BCUT2D eigenvalue weighted by Crippen LogP contribution is -2.67. The Kier molecular flexibility index (Phi) is 7.34. The number of rotatable bonds is 7. The lowest BCUT2D eigenvalue weighted by molar-refractivity contribution is -0.124. The second-order valence-electron chi connectivity index (χ2n) is 9.49. The van der Waals surface area contributed by atoms with Gasteiger partial charge in [0.05, 0.1) is 30.6 Å². The lowest BCUT2D eigenvalue weighted by atomic mass is 9.73. The molecule has 2 saturated carbocycles. The zero-order chi connectivity index (χ0) is 22.8. The summed E-state index contributed by atoms with van der Waals surface area (Å²) in [5, 5.41) is 14.3. The van der Waals surface area contributed by atoms with E-state index in [9.17, 15) is 9.18 Å². The highest BCUT2D eigenvalue weighted by Gasteiger charge is 2.49. The fourth-order valence-corrected chi connectivity index (χ4v) is 5.82. The van der Waals surface area contributed by atoms with Crippen molar-refractivity contribution in [3.63, 3.8) is 0 Å². The van der Waals surface area contributed by atoms with Crippen molar-refractivity contribution in [2.24, 2.45) is 11.8 Å². The molecule has 182 valence electrons. The van der Waals surface area contributed by atoms with Gasteiger partial charge in [0.1, 0.15) is 11.6 Å². The van der Waals surface area contributed by atoms with E-state index in [0.29, 0.717) is 29.8 Å². The molecule has 2 heterocycles. The quantitative estimate of drug-likeness (QED) is 0.460. The van der Waals surface area contributed by atoms with Gasteiger partial charge >= 0.3 is 0 Å². The van der Waals surface area contributed by atoms with Crippen molar-refractivity contribution in [2.45, 2.75) is 43.7 Å². The first-order valence-corrected chi connectivity index (χ1v) is 12.4. The molecule has 4 N–H and O–H groups in total. The number of hydrogen-bond acceptors (Lipinski definition) is 7. The predicted octanol–water partition coefficient (Wildman–Crippen LogP) is 0.908. The molecular formula is C23H33ClFN5O3. The molecule has 1 aromatic carbocycles. The number of nitrogens with one attached hydrogen (secondary N) is 4. The van der Waals surface area contributed by atoms with Crippen LogP contribution in [-0.4, -0.2) is 81.2 Å². The van der Waals surface area contributed by atoms with E-state index in [2.05, 4.69) is 26.2 Å². The van der Waals surface area contributed by atoms with E-state index in [1.807, 2.05) is 0 Å². The maximum atomic E-state index is 13.6. The Morgan fingerprint density at radius 3 is 2.76 bits per heavy atom. The molecule has 8 nitrogen and oxygen atoms in total. The number of hydrogen-bond donors (Lipinski definition) is 4. The van der Waals surface area contributed by atoms with Crippen LogP contribution in [0.3, 0.4) is 0 Å². The summed E-state index contributed by atoms with van der Waals surface area (Å²) in [6, 6.07) is 4.70. The first kappa shape index (κ1) is 23.3. The Morgan fingerprint density at radius 1 is 1.21 bits per heavy atom. The maximum absolute atomic E-state index is 13.6. The number of carbonyl (C=O) groups excluding carboxylic acids is 1. The van der Waals surface area contributed by atoms with Gasteiger partial charge in [0.25, 0.3) is 5.91 Å². The largest absolute Gasteiger partial charge is 0.484 e. The minimum absolute atomic E-state index is 0.0336. The van der Waals surface area contributed by atoms with Gasteiger partial charge in [-0.2, -0.15) is 0 Å². The third kappa shape index (κ3) is 5.44. The van der Waals surface area contributed by atoms with Gasteiger partial charge in [-0.1, -0.05) is 11.6 Å². The topological polar surface area (TPSA) is 86.9 Å². The monoisotopic (exact) mass is 481 g/mol. The van der Waals surface area contributed by atoms with Crippen molar-refractivity contribution in [2.75, 3.05) is 46.0 Å². The number of fused-ring (bicyclic) bond motifs is 1. The fourth-order valence-electron chi connectivity index (χ4n) is 5.70. The summed E-state index contributed by atoms with van der Waals surface area (Å²) in [6.07, 6.45) is 3.77. The summed E-state index contributed by atoms with van der Waals surface area (Å²) in [5.41, 5.74) is 0. The Labute approximate surface area is 198 Å². The molecule has 0 bridgehead atoms. The number of amides is 1. The molecule has 1 aromatic rings. The third-order valence-corrected chi connectivity index (χ3v) is 7.82. The second kappa shape index (κ2) is 10.4. The standard InChI is InChI=1S/C23H33ClFN5O3/c24-17-4-1-14(9-18(17)25)33-13-23(31)28-20-10-19(15-2-3-16(15)20)27-21-11-26-12-22(29-21)30-5-7-32-8-6-30/h1,4,9,15-16,19-22,26-27,29H,2-3,5-8,10-13H2,(H,28,31)/t15?,16?,19-,20?,21?,22?/m0/s1. The number of benzene rings is 1. The van der Waals surface area contributed by atoms with Crippen LogP contribution in [0.25, 0.3) is 0 Å².